The van der Waals surface area contributed by atoms with Gasteiger partial charge in [0, 0.05) is 47.7 Å². The van der Waals surface area contributed by atoms with Gasteiger partial charge >= 0.3 is 0 Å². The van der Waals surface area contributed by atoms with Gasteiger partial charge in [-0.1, -0.05) is 23.7 Å². The van der Waals surface area contributed by atoms with E-state index in [4.69, 9.17) is 11.6 Å². The van der Waals surface area contributed by atoms with Gasteiger partial charge in [0.05, 0.1) is 23.1 Å². The van der Waals surface area contributed by atoms with Gasteiger partial charge in [0.15, 0.2) is 0 Å². The lowest BCUT2D eigenvalue weighted by Gasteiger charge is -2.33. The minimum atomic E-state index is 0.0131. The molecule has 1 atom stereocenters. The number of halogens is 1. The maximum absolute atomic E-state index is 12.9. The van der Waals surface area contributed by atoms with Crippen molar-refractivity contribution in [2.45, 2.75) is 25.7 Å². The maximum Gasteiger partial charge on any atom is 0.257 e. The number of hydrogen-bond donors (Lipinski definition) is 1. The summed E-state index contributed by atoms with van der Waals surface area (Å²) in [6, 6.07) is 7.64. The van der Waals surface area contributed by atoms with Crippen molar-refractivity contribution in [3.63, 3.8) is 0 Å². The van der Waals surface area contributed by atoms with E-state index in [-0.39, 0.29) is 11.8 Å². The van der Waals surface area contributed by atoms with Crippen molar-refractivity contribution in [3.8, 4) is 11.3 Å². The van der Waals surface area contributed by atoms with Crippen LogP contribution in [0.15, 0.2) is 42.9 Å². The Morgan fingerprint density at radius 3 is 2.93 bits per heavy atom. The van der Waals surface area contributed by atoms with Crippen LogP contribution < -0.4 is 0 Å². The van der Waals surface area contributed by atoms with Gasteiger partial charge in [0.2, 0.25) is 0 Å². The zero-order chi connectivity index (χ0) is 18.8. The van der Waals surface area contributed by atoms with Crippen LogP contribution in [0.25, 0.3) is 11.3 Å². The minimum absolute atomic E-state index is 0.0131. The Hall–Kier alpha value is -2.73. The van der Waals surface area contributed by atoms with E-state index in [2.05, 4.69) is 20.2 Å². The van der Waals surface area contributed by atoms with Crippen molar-refractivity contribution < 1.29 is 4.79 Å². The fraction of sp³-hybridized carbons (Fsp3) is 0.300. The smallest absolute Gasteiger partial charge is 0.257 e. The van der Waals surface area contributed by atoms with Crippen molar-refractivity contribution in [1.82, 2.24) is 25.1 Å². The number of aromatic nitrogens is 4. The lowest BCUT2D eigenvalue weighted by molar-refractivity contribution is 0.0705. The highest BCUT2D eigenvalue weighted by molar-refractivity contribution is 6.30. The van der Waals surface area contributed by atoms with E-state index in [1.807, 2.05) is 36.1 Å². The summed E-state index contributed by atoms with van der Waals surface area (Å²) >= 11 is 6.16. The number of amides is 1. The first-order valence-electron chi connectivity index (χ1n) is 8.99. The Morgan fingerprint density at radius 2 is 2.15 bits per heavy atom. The topological polar surface area (TPSA) is 74.8 Å². The second kappa shape index (κ2) is 7.48. The van der Waals surface area contributed by atoms with Crippen molar-refractivity contribution in [1.29, 1.82) is 0 Å². The summed E-state index contributed by atoms with van der Waals surface area (Å²) < 4.78 is 0. The SMILES string of the molecule is Cc1[nH]ncc1C(=O)N1CCC[C@H](c2nccnc2-c2cccc(Cl)c2)C1. The molecule has 1 saturated heterocycles. The van der Waals surface area contributed by atoms with E-state index >= 15 is 0 Å². The number of nitrogens with zero attached hydrogens (tertiary/aromatic N) is 4. The molecule has 0 radical (unpaired) electrons. The number of nitrogens with one attached hydrogen (secondary N) is 1. The summed E-state index contributed by atoms with van der Waals surface area (Å²) in [5, 5.41) is 7.47. The van der Waals surface area contributed by atoms with E-state index in [1.165, 1.54) is 0 Å². The largest absolute Gasteiger partial charge is 0.338 e. The van der Waals surface area contributed by atoms with Crippen molar-refractivity contribution in [2.75, 3.05) is 13.1 Å². The third kappa shape index (κ3) is 3.57. The number of rotatable bonds is 3. The van der Waals surface area contributed by atoms with E-state index in [0.717, 1.165) is 42.0 Å². The molecule has 1 fully saturated rings. The lowest BCUT2D eigenvalue weighted by Crippen LogP contribution is -2.39. The molecular weight excluding hydrogens is 362 g/mol. The van der Waals surface area contributed by atoms with Gasteiger partial charge in [0.25, 0.3) is 5.91 Å². The fourth-order valence-electron chi connectivity index (χ4n) is 3.63. The molecule has 3 heterocycles. The van der Waals surface area contributed by atoms with Gasteiger partial charge in [-0.05, 0) is 31.9 Å². The molecule has 1 amide bonds. The molecular formula is C20H20ClN5O. The monoisotopic (exact) mass is 381 g/mol. The van der Waals surface area contributed by atoms with Crippen LogP contribution >= 0.6 is 11.6 Å². The molecule has 4 rings (SSSR count). The molecule has 3 aromatic rings. The van der Waals surface area contributed by atoms with E-state index in [9.17, 15) is 4.79 Å². The Balaban J connectivity index is 1.63. The summed E-state index contributed by atoms with van der Waals surface area (Å²) in [4.78, 5) is 23.9. The molecule has 2 aromatic heterocycles. The Kier molecular flexibility index (Phi) is 4.90. The molecule has 0 spiro atoms. The molecule has 1 aliphatic rings. The summed E-state index contributed by atoms with van der Waals surface area (Å²) in [6.45, 7) is 3.23. The average molecular weight is 382 g/mol. The van der Waals surface area contributed by atoms with Gasteiger partial charge in [-0.3, -0.25) is 19.9 Å². The summed E-state index contributed by atoms with van der Waals surface area (Å²) in [5.74, 6) is 0.150. The highest BCUT2D eigenvalue weighted by Crippen LogP contribution is 2.33. The number of carbonyl (C=O) groups excluding carboxylic acids is 1. The number of piperidine rings is 1. The molecule has 1 aliphatic heterocycles. The predicted octanol–water partition coefficient (Wildman–Crippen LogP) is 3.85. The maximum atomic E-state index is 12.9. The highest BCUT2D eigenvalue weighted by Gasteiger charge is 2.29. The standard InChI is InChI=1S/C20H20ClN5O/c1-13-17(11-24-25-13)20(27)26-9-3-5-15(12-26)19-18(22-7-8-23-19)14-4-2-6-16(21)10-14/h2,4,6-8,10-11,15H,3,5,9,12H2,1H3,(H,24,25)/t15-/m0/s1. The third-order valence-electron chi connectivity index (χ3n) is 4.98. The van der Waals surface area contributed by atoms with Gasteiger partial charge in [-0.25, -0.2) is 0 Å². The number of aromatic amines is 1. The van der Waals surface area contributed by atoms with Crippen LogP contribution in [-0.2, 0) is 0 Å². The van der Waals surface area contributed by atoms with Crippen LogP contribution in [0, 0.1) is 6.92 Å². The molecule has 0 aliphatic carbocycles. The normalized spacial score (nSPS) is 17.1. The third-order valence-corrected chi connectivity index (χ3v) is 5.22. The van der Waals surface area contributed by atoms with Gasteiger partial charge < -0.3 is 4.90 Å². The number of hydrogen-bond acceptors (Lipinski definition) is 4. The fourth-order valence-corrected chi connectivity index (χ4v) is 3.82. The number of H-pyrrole nitrogens is 1. The molecule has 1 N–H and O–H groups in total. The van der Waals surface area contributed by atoms with E-state index < -0.39 is 0 Å². The number of aryl methyl sites for hydroxylation is 1. The second-order valence-electron chi connectivity index (χ2n) is 6.80. The van der Waals surface area contributed by atoms with Crippen LogP contribution in [-0.4, -0.2) is 44.1 Å². The lowest BCUT2D eigenvalue weighted by atomic mass is 9.91. The summed E-state index contributed by atoms with van der Waals surface area (Å²) in [5.41, 5.74) is 4.12. The Morgan fingerprint density at radius 1 is 1.30 bits per heavy atom. The zero-order valence-corrected chi connectivity index (χ0v) is 15.8. The molecule has 0 bridgehead atoms. The molecule has 0 saturated carbocycles. The molecule has 6 nitrogen and oxygen atoms in total. The van der Waals surface area contributed by atoms with Crippen LogP contribution in [0.1, 0.15) is 40.5 Å². The Bertz CT molecular complexity index is 970. The number of likely N-dealkylation sites (tertiary alicyclic amines) is 1. The molecule has 27 heavy (non-hydrogen) atoms. The summed E-state index contributed by atoms with van der Waals surface area (Å²) in [6.07, 6.45) is 6.91. The molecule has 0 unspecified atom stereocenters. The predicted molar refractivity (Wildman–Crippen MR) is 104 cm³/mol. The number of benzene rings is 1. The van der Waals surface area contributed by atoms with Gasteiger partial charge in [-0.2, -0.15) is 5.10 Å². The van der Waals surface area contributed by atoms with Crippen LogP contribution in [0.3, 0.4) is 0 Å². The van der Waals surface area contributed by atoms with Gasteiger partial charge in [0.1, 0.15) is 0 Å². The van der Waals surface area contributed by atoms with Crippen LogP contribution in [0.5, 0.6) is 0 Å². The first-order chi connectivity index (χ1) is 13.1. The average Bonchev–Trinajstić information content (AvgIpc) is 3.13. The molecule has 1 aromatic carbocycles. The van der Waals surface area contributed by atoms with Crippen molar-refractivity contribution in [3.05, 3.63) is 64.8 Å². The van der Waals surface area contributed by atoms with Crippen molar-refractivity contribution >= 4 is 17.5 Å². The minimum Gasteiger partial charge on any atom is -0.338 e. The molecule has 138 valence electrons. The Labute approximate surface area is 162 Å². The molecule has 7 heteroatoms. The number of carbonyl (C=O) groups is 1. The quantitative estimate of drug-likeness (QED) is 0.747. The summed E-state index contributed by atoms with van der Waals surface area (Å²) in [7, 11) is 0. The van der Waals surface area contributed by atoms with Crippen LogP contribution in [0.4, 0.5) is 0 Å². The first-order valence-corrected chi connectivity index (χ1v) is 9.37. The zero-order valence-electron chi connectivity index (χ0n) is 15.0. The van der Waals surface area contributed by atoms with Crippen molar-refractivity contribution in [2.24, 2.45) is 0 Å². The second-order valence-corrected chi connectivity index (χ2v) is 7.24. The van der Waals surface area contributed by atoms with Gasteiger partial charge in [-0.15, -0.1) is 0 Å². The highest BCUT2D eigenvalue weighted by atomic mass is 35.5. The van der Waals surface area contributed by atoms with E-state index in [1.54, 1.807) is 18.6 Å². The first kappa shape index (κ1) is 17.7. The van der Waals surface area contributed by atoms with E-state index in [0.29, 0.717) is 17.1 Å². The van der Waals surface area contributed by atoms with Crippen LogP contribution in [0.2, 0.25) is 5.02 Å².